The number of nitrogens with zero attached hydrogens (tertiary/aromatic N) is 6. The van der Waals surface area contributed by atoms with Crippen molar-refractivity contribution < 1.29 is 57.9 Å². The molecule has 45 heavy (non-hydrogen) atoms. The van der Waals surface area contributed by atoms with Crippen LogP contribution in [-0.4, -0.2) is 59.1 Å². The van der Waals surface area contributed by atoms with Crippen LogP contribution in [0.15, 0.2) is 89.7 Å². The van der Waals surface area contributed by atoms with Crippen LogP contribution in [0.3, 0.4) is 0 Å². The van der Waals surface area contributed by atoms with E-state index < -0.39 is 91.3 Å². The van der Waals surface area contributed by atoms with Crippen molar-refractivity contribution in [3.8, 4) is 11.5 Å². The Morgan fingerprint density at radius 3 is 1.62 bits per heavy atom. The minimum absolute atomic E-state index is 0.0555. The summed E-state index contributed by atoms with van der Waals surface area (Å²) in [6.07, 6.45) is -1.41. The first-order valence-electron chi connectivity index (χ1n) is 11.4. The number of hydrogen-bond acceptors (Lipinski definition) is 15. The number of anilines is 2. The van der Waals surface area contributed by atoms with Gasteiger partial charge in [0.15, 0.2) is 0 Å². The van der Waals surface area contributed by atoms with E-state index in [0.29, 0.717) is 30.3 Å². The highest BCUT2D eigenvalue weighted by atomic mass is 32.2. The van der Waals surface area contributed by atoms with Crippen molar-refractivity contribution in [1.29, 1.82) is 0 Å². The number of halogens is 2. The summed E-state index contributed by atoms with van der Waals surface area (Å²) in [6, 6.07) is 6.88. The van der Waals surface area contributed by atoms with Gasteiger partial charge in [-0.1, -0.05) is 0 Å². The molecule has 0 saturated carbocycles. The summed E-state index contributed by atoms with van der Waals surface area (Å²) in [5.41, 5.74) is -2.51. The number of phenols is 2. The van der Waals surface area contributed by atoms with Gasteiger partial charge in [0.1, 0.15) is 49.9 Å². The molecule has 0 saturated heterocycles. The maximum absolute atomic E-state index is 13.4. The third-order valence-corrected chi connectivity index (χ3v) is 7.94. The number of rotatable bonds is 9. The normalized spacial score (nSPS) is 12.6. The summed E-state index contributed by atoms with van der Waals surface area (Å²) in [7, 11) is -14.8. The van der Waals surface area contributed by atoms with Crippen molar-refractivity contribution in [2.24, 2.45) is 20.5 Å². The van der Waals surface area contributed by atoms with Gasteiger partial charge in [0.2, 0.25) is 5.95 Å². The molecule has 0 amide bonds. The van der Waals surface area contributed by atoms with Crippen LogP contribution in [0.1, 0.15) is 0 Å². The molecule has 0 fully saturated rings. The third-order valence-electron chi connectivity index (χ3n) is 5.29. The molecule has 18 nitrogen and oxygen atoms in total. The van der Waals surface area contributed by atoms with Gasteiger partial charge >= 0.3 is 6.08 Å². The fourth-order valence-electron chi connectivity index (χ4n) is 3.38. The van der Waals surface area contributed by atoms with Crippen molar-refractivity contribution in [3.05, 3.63) is 66.6 Å². The smallest absolute Gasteiger partial charge is 0.313 e. The molecule has 0 unspecified atom stereocenters. The zero-order valence-electron chi connectivity index (χ0n) is 21.5. The lowest BCUT2D eigenvalue weighted by Gasteiger charge is -2.08. The molecule has 3 aromatic carbocycles. The molecule has 6 N–H and O–H groups in total. The summed E-state index contributed by atoms with van der Waals surface area (Å²) >= 11 is 0. The summed E-state index contributed by atoms with van der Waals surface area (Å²) in [5.74, 6) is -3.16. The first-order chi connectivity index (χ1) is 20.8. The molecule has 0 aliphatic heterocycles. The number of hydrogen-bond donors (Lipinski definition) is 6. The number of azo groups is 2. The van der Waals surface area contributed by atoms with E-state index in [0.717, 1.165) is 24.3 Å². The number of aromatic hydroxyl groups is 2. The van der Waals surface area contributed by atoms with Crippen molar-refractivity contribution >= 4 is 64.6 Å². The largest absolute Gasteiger partial charge is 0.505 e. The van der Waals surface area contributed by atoms with Crippen molar-refractivity contribution in [1.82, 2.24) is 9.97 Å². The molecular weight excluding hydrogens is 672 g/mol. The summed E-state index contributed by atoms with van der Waals surface area (Å²) in [5, 5.41) is 37.2. The Bertz CT molecular complexity index is 2210. The fourth-order valence-corrected chi connectivity index (χ4v) is 5.09. The maximum Gasteiger partial charge on any atom is 0.313 e. The van der Waals surface area contributed by atoms with Crippen LogP contribution in [0.4, 0.5) is 43.0 Å². The zero-order chi connectivity index (χ0) is 33.3. The Morgan fingerprint density at radius 1 is 0.600 bits per heavy atom. The van der Waals surface area contributed by atoms with Gasteiger partial charge in [-0.05, 0) is 36.4 Å². The molecule has 0 bridgehead atoms. The van der Waals surface area contributed by atoms with Gasteiger partial charge in [0.25, 0.3) is 30.4 Å². The second kappa shape index (κ2) is 12.1. The highest BCUT2D eigenvalue weighted by molar-refractivity contribution is 7.86. The van der Waals surface area contributed by atoms with Gasteiger partial charge < -0.3 is 15.5 Å². The molecule has 0 atom stereocenters. The Morgan fingerprint density at radius 2 is 1.11 bits per heavy atom. The lowest BCUT2D eigenvalue weighted by molar-refractivity contribution is 0.452. The highest BCUT2D eigenvalue weighted by Crippen LogP contribution is 2.41. The van der Waals surface area contributed by atoms with E-state index in [2.05, 4.69) is 35.7 Å². The Balaban J connectivity index is 1.75. The molecular formula is C22H15F2N7O11S3. The monoisotopic (exact) mass is 687 g/mol. The van der Waals surface area contributed by atoms with E-state index in [9.17, 15) is 57.9 Å². The first-order valence-corrected chi connectivity index (χ1v) is 15.7. The minimum Gasteiger partial charge on any atom is -0.505 e. The van der Waals surface area contributed by atoms with Crippen molar-refractivity contribution in [2.75, 3.05) is 5.32 Å². The lowest BCUT2D eigenvalue weighted by atomic mass is 10.2. The Hall–Kier alpha value is -5.07. The lowest BCUT2D eigenvalue weighted by Crippen LogP contribution is -2.02. The predicted molar refractivity (Wildman–Crippen MR) is 146 cm³/mol. The van der Waals surface area contributed by atoms with Gasteiger partial charge in [-0.3, -0.25) is 13.7 Å². The molecule has 4 aromatic rings. The van der Waals surface area contributed by atoms with Gasteiger partial charge in [-0.15, -0.1) is 20.5 Å². The second-order valence-electron chi connectivity index (χ2n) is 8.44. The van der Waals surface area contributed by atoms with Crippen LogP contribution in [0, 0.1) is 12.0 Å². The summed E-state index contributed by atoms with van der Waals surface area (Å²) in [6.45, 7) is 0. The molecule has 0 radical (unpaired) electrons. The van der Waals surface area contributed by atoms with E-state index in [1.54, 1.807) is 0 Å². The van der Waals surface area contributed by atoms with E-state index in [-0.39, 0.29) is 11.5 Å². The van der Waals surface area contributed by atoms with Crippen LogP contribution in [0.25, 0.3) is 0 Å². The number of benzene rings is 3. The van der Waals surface area contributed by atoms with Crippen molar-refractivity contribution in [2.45, 2.75) is 14.7 Å². The Kier molecular flexibility index (Phi) is 8.86. The number of aromatic nitrogens is 2. The van der Waals surface area contributed by atoms with E-state index in [1.165, 1.54) is 0 Å². The number of phenolic OH excluding ortho intramolecular Hbond substituents is 2. The van der Waals surface area contributed by atoms with Crippen LogP contribution in [-0.2, 0) is 30.4 Å². The molecule has 23 heteroatoms. The van der Waals surface area contributed by atoms with E-state index >= 15 is 0 Å². The van der Waals surface area contributed by atoms with Crippen LogP contribution < -0.4 is 5.32 Å². The average Bonchev–Trinajstić information content (AvgIpc) is 2.89. The molecule has 4 rings (SSSR count). The van der Waals surface area contributed by atoms with Gasteiger partial charge in [0.05, 0.1) is 4.90 Å². The first kappa shape index (κ1) is 32.8. The number of nitrogens with one attached hydrogen (secondary N) is 1. The van der Waals surface area contributed by atoms with E-state index in [1.807, 2.05) is 0 Å². The zero-order valence-corrected chi connectivity index (χ0v) is 24.0. The average molecular weight is 688 g/mol. The van der Waals surface area contributed by atoms with Crippen LogP contribution >= 0.6 is 0 Å². The molecule has 1 heterocycles. The van der Waals surface area contributed by atoms with Crippen LogP contribution in [0.5, 0.6) is 11.5 Å². The summed E-state index contributed by atoms with van der Waals surface area (Å²) < 4.78 is 125. The fraction of sp³-hybridized carbons (Fsp3) is 0. The quantitative estimate of drug-likeness (QED) is 0.0612. The van der Waals surface area contributed by atoms with Gasteiger partial charge in [-0.25, -0.2) is 0 Å². The second-order valence-corrected chi connectivity index (χ2v) is 12.6. The van der Waals surface area contributed by atoms with Gasteiger partial charge in [0, 0.05) is 23.9 Å². The minimum atomic E-state index is -4.99. The maximum atomic E-state index is 13.4. The van der Waals surface area contributed by atoms with E-state index in [4.69, 9.17) is 0 Å². The summed E-state index contributed by atoms with van der Waals surface area (Å²) in [4.78, 5) is 3.58. The molecule has 236 valence electrons. The van der Waals surface area contributed by atoms with Crippen molar-refractivity contribution in [3.63, 3.8) is 0 Å². The molecule has 0 aliphatic carbocycles. The SMILES string of the molecule is O=S(=O)(O)c1ccc(S(=O)(=O)O)c(N=Nc2cc(N=Nc3cc(Nc4cc(F)nc(F)n4)ccc3S(=O)(=O)O)c(O)cc2O)c1. The topological polar surface area (TPSA) is 291 Å². The molecule has 1 aromatic heterocycles. The third kappa shape index (κ3) is 8.11. The molecule has 0 aliphatic rings. The highest BCUT2D eigenvalue weighted by Gasteiger charge is 2.21. The standard InChI is InChI=1S/C22H15F2N7O11S3/c23-20-9-21(27-22(24)26-20)25-10-1-3-18(44(37,38)39)14(5-10)30-28-12-7-13(17(33)8-16(12)32)29-31-15-6-11(43(34,35)36)2-4-19(15)45(40,41)42/h1-9,32-33H,(H,25,26,27)(H,34,35,36)(H,37,38,39)(H,40,41,42). The molecule has 0 spiro atoms. The predicted octanol–water partition coefficient (Wildman–Crippen LogP) is 4.48. The Labute approximate surface area is 250 Å². The van der Waals surface area contributed by atoms with Crippen LogP contribution in [0.2, 0.25) is 0 Å². The van der Waals surface area contributed by atoms with Gasteiger partial charge in [-0.2, -0.15) is 44.0 Å².